The summed E-state index contributed by atoms with van der Waals surface area (Å²) in [7, 11) is 1.68. The van der Waals surface area contributed by atoms with Crippen molar-refractivity contribution in [3.8, 4) is 5.75 Å². The molecule has 1 aromatic carbocycles. The maximum atomic E-state index is 5.50. The molecule has 0 spiro atoms. The average molecular weight is 231 g/mol. The Bertz CT molecular complexity index is 479. The van der Waals surface area contributed by atoms with Crippen molar-refractivity contribution >= 4 is 0 Å². The number of methoxy groups -OCH3 is 1. The zero-order chi connectivity index (χ0) is 12.1. The van der Waals surface area contributed by atoms with E-state index in [1.54, 1.807) is 7.11 Å². The Hall–Kier alpha value is -1.81. The number of hydrogen-bond donors (Lipinski definition) is 2. The summed E-state index contributed by atoms with van der Waals surface area (Å²) in [6, 6.07) is 7.97. The SMILES string of the molecule is COc1ccccc1Cc1ncc(CCN)[nH]1. The van der Waals surface area contributed by atoms with Crippen LogP contribution in [0.5, 0.6) is 5.75 Å². The molecule has 1 aromatic heterocycles. The molecule has 0 amide bonds. The van der Waals surface area contributed by atoms with E-state index in [2.05, 4.69) is 9.97 Å². The molecule has 90 valence electrons. The highest BCUT2D eigenvalue weighted by atomic mass is 16.5. The van der Waals surface area contributed by atoms with Crippen molar-refractivity contribution < 1.29 is 4.74 Å². The highest BCUT2D eigenvalue weighted by Gasteiger charge is 2.05. The lowest BCUT2D eigenvalue weighted by atomic mass is 10.1. The third-order valence-corrected chi connectivity index (χ3v) is 2.65. The molecule has 0 aliphatic heterocycles. The molecule has 0 fully saturated rings. The zero-order valence-corrected chi connectivity index (χ0v) is 9.94. The topological polar surface area (TPSA) is 63.9 Å². The fraction of sp³-hybridized carbons (Fsp3) is 0.308. The first-order valence-corrected chi connectivity index (χ1v) is 5.68. The molecule has 17 heavy (non-hydrogen) atoms. The Labute approximate surface area is 101 Å². The van der Waals surface area contributed by atoms with Crippen LogP contribution in [0.15, 0.2) is 30.5 Å². The van der Waals surface area contributed by atoms with Crippen molar-refractivity contribution in [3.05, 3.63) is 47.5 Å². The predicted molar refractivity (Wildman–Crippen MR) is 67.1 cm³/mol. The number of nitrogens with zero attached hydrogens (tertiary/aromatic N) is 1. The molecule has 2 rings (SSSR count). The lowest BCUT2D eigenvalue weighted by molar-refractivity contribution is 0.410. The lowest BCUT2D eigenvalue weighted by Crippen LogP contribution is -2.03. The van der Waals surface area contributed by atoms with Crippen molar-refractivity contribution in [1.29, 1.82) is 0 Å². The Morgan fingerprint density at radius 3 is 2.94 bits per heavy atom. The van der Waals surface area contributed by atoms with Crippen LogP contribution in [0.2, 0.25) is 0 Å². The summed E-state index contributed by atoms with van der Waals surface area (Å²) in [4.78, 5) is 7.61. The first-order chi connectivity index (χ1) is 8.33. The zero-order valence-electron chi connectivity index (χ0n) is 9.94. The molecule has 1 heterocycles. The summed E-state index contributed by atoms with van der Waals surface area (Å²) in [6.45, 7) is 0.635. The van der Waals surface area contributed by atoms with Gasteiger partial charge in [0.2, 0.25) is 0 Å². The van der Waals surface area contributed by atoms with Crippen molar-refractivity contribution in [1.82, 2.24) is 9.97 Å². The predicted octanol–water partition coefficient (Wildman–Crippen LogP) is 1.51. The van der Waals surface area contributed by atoms with Gasteiger partial charge >= 0.3 is 0 Å². The smallest absolute Gasteiger partial charge is 0.122 e. The first-order valence-electron chi connectivity index (χ1n) is 5.68. The number of benzene rings is 1. The molecule has 2 aromatic rings. The average Bonchev–Trinajstić information content (AvgIpc) is 2.78. The largest absolute Gasteiger partial charge is 0.496 e. The van der Waals surface area contributed by atoms with E-state index in [1.165, 1.54) is 0 Å². The molecule has 0 aliphatic carbocycles. The molecule has 0 aliphatic rings. The molecule has 3 N–H and O–H groups in total. The van der Waals surface area contributed by atoms with E-state index in [1.807, 2.05) is 30.5 Å². The van der Waals surface area contributed by atoms with Crippen LogP contribution in [-0.4, -0.2) is 23.6 Å². The molecule has 0 saturated carbocycles. The third-order valence-electron chi connectivity index (χ3n) is 2.65. The fourth-order valence-electron chi connectivity index (χ4n) is 1.81. The van der Waals surface area contributed by atoms with Gasteiger partial charge in [0.15, 0.2) is 0 Å². The van der Waals surface area contributed by atoms with Gasteiger partial charge in [-0.25, -0.2) is 4.98 Å². The van der Waals surface area contributed by atoms with E-state index in [0.717, 1.165) is 35.7 Å². The van der Waals surface area contributed by atoms with Crippen molar-refractivity contribution in [2.75, 3.05) is 13.7 Å². The number of para-hydroxylation sites is 1. The van der Waals surface area contributed by atoms with Crippen molar-refractivity contribution in [2.45, 2.75) is 12.8 Å². The van der Waals surface area contributed by atoms with E-state index in [-0.39, 0.29) is 0 Å². The van der Waals surface area contributed by atoms with Crippen LogP contribution in [0.3, 0.4) is 0 Å². The molecular weight excluding hydrogens is 214 g/mol. The summed E-state index contributed by atoms with van der Waals surface area (Å²) in [5, 5.41) is 0. The minimum Gasteiger partial charge on any atom is -0.496 e. The summed E-state index contributed by atoms with van der Waals surface area (Å²) >= 11 is 0. The molecule has 0 bridgehead atoms. The second-order valence-electron chi connectivity index (χ2n) is 3.88. The van der Waals surface area contributed by atoms with Gasteiger partial charge in [0.1, 0.15) is 11.6 Å². The minimum absolute atomic E-state index is 0.635. The number of nitrogens with one attached hydrogen (secondary N) is 1. The Morgan fingerprint density at radius 1 is 1.35 bits per heavy atom. The quantitative estimate of drug-likeness (QED) is 0.819. The molecule has 0 saturated heterocycles. The van der Waals surface area contributed by atoms with Crippen LogP contribution in [0, 0.1) is 0 Å². The standard InChI is InChI=1S/C13H17N3O/c1-17-12-5-3-2-4-10(12)8-13-15-9-11(16-13)6-7-14/h2-5,9H,6-8,14H2,1H3,(H,15,16). The van der Waals surface area contributed by atoms with E-state index in [0.29, 0.717) is 6.54 Å². The molecular formula is C13H17N3O. The van der Waals surface area contributed by atoms with Crippen molar-refractivity contribution in [2.24, 2.45) is 5.73 Å². The van der Waals surface area contributed by atoms with Gasteiger partial charge in [-0.1, -0.05) is 18.2 Å². The molecule has 0 atom stereocenters. The van der Waals surface area contributed by atoms with E-state index in [9.17, 15) is 0 Å². The number of H-pyrrole nitrogens is 1. The highest BCUT2D eigenvalue weighted by Crippen LogP contribution is 2.19. The van der Waals surface area contributed by atoms with Crippen LogP contribution < -0.4 is 10.5 Å². The number of aromatic nitrogens is 2. The Morgan fingerprint density at radius 2 is 2.18 bits per heavy atom. The van der Waals surface area contributed by atoms with Crippen molar-refractivity contribution in [3.63, 3.8) is 0 Å². The number of hydrogen-bond acceptors (Lipinski definition) is 3. The second kappa shape index (κ2) is 5.50. The maximum Gasteiger partial charge on any atom is 0.122 e. The van der Waals surface area contributed by atoms with Gasteiger partial charge in [0.25, 0.3) is 0 Å². The fourth-order valence-corrected chi connectivity index (χ4v) is 1.81. The Kier molecular flexibility index (Phi) is 3.77. The molecule has 0 unspecified atom stereocenters. The number of rotatable bonds is 5. The molecule has 0 radical (unpaired) electrons. The van der Waals surface area contributed by atoms with Gasteiger partial charge in [-0.2, -0.15) is 0 Å². The minimum atomic E-state index is 0.635. The number of imidazole rings is 1. The number of nitrogens with two attached hydrogens (primary N) is 1. The van der Waals surface area contributed by atoms with Gasteiger partial charge in [0, 0.05) is 30.3 Å². The third kappa shape index (κ3) is 2.85. The first kappa shape index (κ1) is 11.7. The maximum absolute atomic E-state index is 5.50. The summed E-state index contributed by atoms with van der Waals surface area (Å²) < 4.78 is 5.31. The van der Waals surface area contributed by atoms with Gasteiger partial charge in [-0.15, -0.1) is 0 Å². The normalized spacial score (nSPS) is 10.5. The van der Waals surface area contributed by atoms with Crippen LogP contribution in [-0.2, 0) is 12.8 Å². The van der Waals surface area contributed by atoms with Gasteiger partial charge in [-0.05, 0) is 12.6 Å². The van der Waals surface area contributed by atoms with E-state index >= 15 is 0 Å². The van der Waals surface area contributed by atoms with E-state index < -0.39 is 0 Å². The number of aromatic amines is 1. The van der Waals surface area contributed by atoms with Crippen LogP contribution in [0.1, 0.15) is 17.1 Å². The van der Waals surface area contributed by atoms with Crippen LogP contribution in [0.4, 0.5) is 0 Å². The monoisotopic (exact) mass is 231 g/mol. The van der Waals surface area contributed by atoms with Crippen LogP contribution >= 0.6 is 0 Å². The van der Waals surface area contributed by atoms with Crippen LogP contribution in [0.25, 0.3) is 0 Å². The number of ether oxygens (including phenoxy) is 1. The van der Waals surface area contributed by atoms with Gasteiger partial charge < -0.3 is 15.5 Å². The molecule has 4 heteroatoms. The highest BCUT2D eigenvalue weighted by molar-refractivity contribution is 5.35. The Balaban J connectivity index is 2.13. The van der Waals surface area contributed by atoms with Gasteiger partial charge in [-0.3, -0.25) is 0 Å². The summed E-state index contributed by atoms with van der Waals surface area (Å²) in [5.41, 5.74) is 7.71. The van der Waals surface area contributed by atoms with Gasteiger partial charge in [0.05, 0.1) is 7.11 Å². The lowest BCUT2D eigenvalue weighted by Gasteiger charge is -2.06. The summed E-state index contributed by atoms with van der Waals surface area (Å²) in [6.07, 6.45) is 3.42. The molecule has 4 nitrogen and oxygen atoms in total. The summed E-state index contributed by atoms with van der Waals surface area (Å²) in [5.74, 6) is 1.84. The second-order valence-corrected chi connectivity index (χ2v) is 3.88. The van der Waals surface area contributed by atoms with E-state index in [4.69, 9.17) is 10.5 Å².